The largest absolute Gasteiger partial charge is 0.392 e. The average Bonchev–Trinajstić information content (AvgIpc) is 2.68. The molecule has 0 saturated carbocycles. The van der Waals surface area contributed by atoms with E-state index in [1.54, 1.807) is 0 Å². The zero-order chi connectivity index (χ0) is 14.9. The predicted octanol–water partition coefficient (Wildman–Crippen LogP) is 0.692. The van der Waals surface area contributed by atoms with E-state index >= 15 is 0 Å². The van der Waals surface area contributed by atoms with Gasteiger partial charge in [0.2, 0.25) is 0 Å². The van der Waals surface area contributed by atoms with Crippen molar-refractivity contribution in [1.82, 2.24) is 9.88 Å². The van der Waals surface area contributed by atoms with Gasteiger partial charge in [-0.25, -0.2) is 4.98 Å². The maximum Gasteiger partial charge on any atom is 0.135 e. The Hall–Kier alpha value is -1.17. The smallest absolute Gasteiger partial charge is 0.135 e. The first-order valence-corrected chi connectivity index (χ1v) is 7.09. The molecule has 1 fully saturated rings. The van der Waals surface area contributed by atoms with Gasteiger partial charge in [-0.2, -0.15) is 0 Å². The first kappa shape index (κ1) is 15.2. The molecule has 5 nitrogen and oxygen atoms in total. The third kappa shape index (κ3) is 3.11. The van der Waals surface area contributed by atoms with Crippen LogP contribution in [0.1, 0.15) is 23.2 Å². The Labute approximate surface area is 120 Å². The number of anilines is 1. The summed E-state index contributed by atoms with van der Waals surface area (Å²) in [5.74, 6) is 0.827. The molecule has 2 N–H and O–H groups in total. The van der Waals surface area contributed by atoms with E-state index in [9.17, 15) is 10.2 Å². The van der Waals surface area contributed by atoms with E-state index in [0.29, 0.717) is 6.54 Å². The van der Waals surface area contributed by atoms with Crippen molar-refractivity contribution in [3.63, 3.8) is 0 Å². The van der Waals surface area contributed by atoms with Gasteiger partial charge < -0.3 is 20.0 Å². The molecule has 2 heterocycles. The Bertz CT molecular complexity index is 476. The molecule has 0 amide bonds. The van der Waals surface area contributed by atoms with Crippen LogP contribution in [0.4, 0.5) is 5.82 Å². The zero-order valence-corrected chi connectivity index (χ0v) is 12.8. The van der Waals surface area contributed by atoms with Crippen LogP contribution in [0.15, 0.2) is 6.07 Å². The van der Waals surface area contributed by atoms with Gasteiger partial charge in [-0.1, -0.05) is 0 Å². The molecule has 0 spiro atoms. The van der Waals surface area contributed by atoms with Gasteiger partial charge in [0.05, 0.1) is 12.7 Å². The number of hydrogen-bond acceptors (Lipinski definition) is 5. The molecule has 0 radical (unpaired) electrons. The van der Waals surface area contributed by atoms with Crippen LogP contribution in [0.25, 0.3) is 0 Å². The molecule has 1 aromatic rings. The number of pyridine rings is 1. The van der Waals surface area contributed by atoms with Crippen molar-refractivity contribution in [2.24, 2.45) is 0 Å². The van der Waals surface area contributed by atoms with Crippen LogP contribution >= 0.6 is 0 Å². The van der Waals surface area contributed by atoms with Crippen LogP contribution in [0.5, 0.6) is 0 Å². The number of likely N-dealkylation sites (N-methyl/N-ethyl adjacent to an activating group) is 1. The predicted molar refractivity (Wildman–Crippen MR) is 79.9 cm³/mol. The summed E-state index contributed by atoms with van der Waals surface area (Å²) in [5, 5.41) is 19.6. The minimum atomic E-state index is -0.325. The highest BCUT2D eigenvalue weighted by atomic mass is 16.3. The molecule has 1 aromatic heterocycles. The lowest BCUT2D eigenvalue weighted by Gasteiger charge is -2.30. The highest BCUT2D eigenvalue weighted by molar-refractivity contribution is 5.53. The molecule has 2 unspecified atom stereocenters. The molecule has 0 aliphatic carbocycles. The number of aliphatic hydroxyl groups is 2. The lowest BCUT2D eigenvalue weighted by atomic mass is 10.1. The van der Waals surface area contributed by atoms with Gasteiger partial charge in [-0.3, -0.25) is 0 Å². The van der Waals surface area contributed by atoms with Crippen LogP contribution in [0, 0.1) is 13.8 Å². The summed E-state index contributed by atoms with van der Waals surface area (Å²) < 4.78 is 0. The maximum atomic E-state index is 10.00. The third-order valence-electron chi connectivity index (χ3n) is 3.85. The molecule has 2 atom stereocenters. The second-order valence-corrected chi connectivity index (χ2v) is 6.00. The molecule has 1 saturated heterocycles. The molecular formula is C15H25N3O2. The quantitative estimate of drug-likeness (QED) is 0.849. The van der Waals surface area contributed by atoms with Gasteiger partial charge in [-0.15, -0.1) is 0 Å². The fourth-order valence-electron chi connectivity index (χ4n) is 3.02. The van der Waals surface area contributed by atoms with E-state index in [1.165, 1.54) is 0 Å². The maximum absolute atomic E-state index is 10.00. The number of rotatable bonds is 4. The standard InChI is InChI=1S/C15H25N3O2/c1-10-5-11(2)16-15(14(10)9-19)18-8-13(20)6-12(18)7-17(3)4/h5,12-13,19-20H,6-9H2,1-4H3. The summed E-state index contributed by atoms with van der Waals surface area (Å²) in [6.45, 7) is 5.40. The van der Waals surface area contributed by atoms with E-state index < -0.39 is 0 Å². The molecule has 0 bridgehead atoms. The summed E-state index contributed by atoms with van der Waals surface area (Å²) in [7, 11) is 4.06. The zero-order valence-electron chi connectivity index (χ0n) is 12.8. The highest BCUT2D eigenvalue weighted by Crippen LogP contribution is 2.29. The van der Waals surface area contributed by atoms with Crippen molar-refractivity contribution in [2.75, 3.05) is 32.1 Å². The van der Waals surface area contributed by atoms with E-state index in [1.807, 2.05) is 34.0 Å². The Morgan fingerprint density at radius 2 is 2.10 bits per heavy atom. The summed E-state index contributed by atoms with van der Waals surface area (Å²) in [4.78, 5) is 8.89. The number of β-amino-alcohol motifs (C(OH)–C–C–N with tert-alkyl or cyclic N) is 1. The highest BCUT2D eigenvalue weighted by Gasteiger charge is 2.33. The molecule has 2 rings (SSSR count). The minimum Gasteiger partial charge on any atom is -0.392 e. The molecule has 1 aliphatic rings. The molecule has 112 valence electrons. The second kappa shape index (κ2) is 6.08. The Morgan fingerprint density at radius 1 is 1.40 bits per heavy atom. The van der Waals surface area contributed by atoms with Crippen molar-refractivity contribution in [3.8, 4) is 0 Å². The van der Waals surface area contributed by atoms with Crippen molar-refractivity contribution in [1.29, 1.82) is 0 Å². The van der Waals surface area contributed by atoms with Gasteiger partial charge >= 0.3 is 0 Å². The van der Waals surface area contributed by atoms with E-state index in [4.69, 9.17) is 0 Å². The van der Waals surface area contributed by atoms with Crippen LogP contribution in [-0.2, 0) is 6.61 Å². The third-order valence-corrected chi connectivity index (χ3v) is 3.85. The molecule has 0 aromatic carbocycles. The summed E-state index contributed by atoms with van der Waals surface area (Å²) in [5.41, 5.74) is 2.87. The van der Waals surface area contributed by atoms with Gasteiger partial charge in [0.25, 0.3) is 0 Å². The van der Waals surface area contributed by atoms with E-state index in [-0.39, 0.29) is 18.8 Å². The summed E-state index contributed by atoms with van der Waals surface area (Å²) in [6.07, 6.45) is 0.423. The van der Waals surface area contributed by atoms with Crippen molar-refractivity contribution < 1.29 is 10.2 Å². The van der Waals surface area contributed by atoms with Crippen molar-refractivity contribution >= 4 is 5.82 Å². The molecule has 20 heavy (non-hydrogen) atoms. The van der Waals surface area contributed by atoms with Gasteiger partial charge in [0.1, 0.15) is 5.82 Å². The Balaban J connectivity index is 2.38. The van der Waals surface area contributed by atoms with Crippen molar-refractivity contribution in [2.45, 2.75) is 39.0 Å². The monoisotopic (exact) mass is 279 g/mol. The second-order valence-electron chi connectivity index (χ2n) is 6.00. The van der Waals surface area contributed by atoms with Gasteiger partial charge in [-0.05, 0) is 46.0 Å². The number of nitrogens with zero attached hydrogens (tertiary/aromatic N) is 3. The van der Waals surface area contributed by atoms with Gasteiger partial charge in [0, 0.05) is 30.4 Å². The molecule has 5 heteroatoms. The Morgan fingerprint density at radius 3 is 2.70 bits per heavy atom. The fourth-order valence-corrected chi connectivity index (χ4v) is 3.02. The fraction of sp³-hybridized carbons (Fsp3) is 0.667. The Kier molecular flexibility index (Phi) is 4.62. The normalized spacial score (nSPS) is 22.9. The van der Waals surface area contributed by atoms with Gasteiger partial charge in [0.15, 0.2) is 0 Å². The van der Waals surface area contributed by atoms with E-state index in [0.717, 1.165) is 35.6 Å². The van der Waals surface area contributed by atoms with Crippen LogP contribution in [-0.4, -0.2) is 59.4 Å². The average molecular weight is 279 g/mol. The van der Waals surface area contributed by atoms with Crippen LogP contribution in [0.2, 0.25) is 0 Å². The van der Waals surface area contributed by atoms with Crippen molar-refractivity contribution in [3.05, 3.63) is 22.9 Å². The molecule has 1 aliphatic heterocycles. The topological polar surface area (TPSA) is 59.8 Å². The number of hydrogen-bond donors (Lipinski definition) is 2. The molecular weight excluding hydrogens is 254 g/mol. The number of aliphatic hydroxyl groups excluding tert-OH is 2. The number of aromatic nitrogens is 1. The van der Waals surface area contributed by atoms with Crippen LogP contribution < -0.4 is 4.90 Å². The minimum absolute atomic E-state index is 0.0181. The van der Waals surface area contributed by atoms with Crippen LogP contribution in [0.3, 0.4) is 0 Å². The summed E-state index contributed by atoms with van der Waals surface area (Å²) in [6, 6.07) is 2.22. The number of aryl methyl sites for hydroxylation is 2. The first-order chi connectivity index (χ1) is 9.42. The lowest BCUT2D eigenvalue weighted by Crippen LogP contribution is -2.38. The van der Waals surface area contributed by atoms with E-state index in [2.05, 4.69) is 14.8 Å². The SMILES string of the molecule is Cc1cc(C)c(CO)c(N2CC(O)CC2CN(C)C)n1. The first-order valence-electron chi connectivity index (χ1n) is 7.09. The lowest BCUT2D eigenvalue weighted by molar-refractivity contribution is 0.191. The summed E-state index contributed by atoms with van der Waals surface area (Å²) >= 11 is 0.